The number of amides is 1. The van der Waals surface area contributed by atoms with E-state index in [0.717, 1.165) is 25.8 Å². The Labute approximate surface area is 103 Å². The number of hydrogen-bond acceptors (Lipinski definition) is 2. The number of carbonyl (C=O) groups excluding carboxylic acids is 1. The van der Waals surface area contributed by atoms with Crippen molar-refractivity contribution < 1.29 is 14.7 Å². The summed E-state index contributed by atoms with van der Waals surface area (Å²) in [6.07, 6.45) is 3.18. The number of carbonyl (C=O) groups is 2. The van der Waals surface area contributed by atoms with E-state index in [-0.39, 0.29) is 11.8 Å². The van der Waals surface area contributed by atoms with Gasteiger partial charge < -0.3 is 10.0 Å². The molecule has 0 heterocycles. The maximum absolute atomic E-state index is 12.1. The van der Waals surface area contributed by atoms with Gasteiger partial charge in [0.2, 0.25) is 5.91 Å². The number of hydrogen-bond donors (Lipinski definition) is 1. The number of aliphatic carboxylic acids is 1. The average Bonchev–Trinajstić information content (AvgIpc) is 2.73. The second kappa shape index (κ2) is 6.03. The summed E-state index contributed by atoms with van der Waals surface area (Å²) in [6, 6.07) is 0. The Bertz CT molecular complexity index is 288. The minimum Gasteiger partial charge on any atom is -0.481 e. The monoisotopic (exact) mass is 241 g/mol. The van der Waals surface area contributed by atoms with Gasteiger partial charge >= 0.3 is 5.97 Å². The molecule has 1 saturated carbocycles. The molecule has 0 bridgehead atoms. The summed E-state index contributed by atoms with van der Waals surface area (Å²) in [5, 5.41) is 9.06. The lowest BCUT2D eigenvalue weighted by Crippen LogP contribution is -2.37. The van der Waals surface area contributed by atoms with Crippen molar-refractivity contribution in [3.63, 3.8) is 0 Å². The van der Waals surface area contributed by atoms with Crippen LogP contribution < -0.4 is 0 Å². The predicted octanol–water partition coefficient (Wildman–Crippen LogP) is 1.99. The summed E-state index contributed by atoms with van der Waals surface area (Å²) in [6.45, 7) is 4.96. The van der Waals surface area contributed by atoms with Gasteiger partial charge in [0.1, 0.15) is 0 Å². The summed E-state index contributed by atoms with van der Waals surface area (Å²) < 4.78 is 0. The first-order valence-electron chi connectivity index (χ1n) is 6.41. The minimum absolute atomic E-state index is 0.00977. The largest absolute Gasteiger partial charge is 0.481 e. The predicted molar refractivity (Wildman–Crippen MR) is 65.6 cm³/mol. The molecule has 0 aromatic carbocycles. The van der Waals surface area contributed by atoms with Crippen LogP contribution in [0.3, 0.4) is 0 Å². The maximum atomic E-state index is 12.1. The molecule has 1 aliphatic carbocycles. The highest BCUT2D eigenvalue weighted by atomic mass is 16.4. The van der Waals surface area contributed by atoms with Gasteiger partial charge in [-0.25, -0.2) is 0 Å². The first-order valence-corrected chi connectivity index (χ1v) is 6.41. The second-order valence-electron chi connectivity index (χ2n) is 5.42. The second-order valence-corrected chi connectivity index (χ2v) is 5.42. The Morgan fingerprint density at radius 1 is 1.29 bits per heavy atom. The van der Waals surface area contributed by atoms with E-state index in [2.05, 4.69) is 13.8 Å². The third-order valence-corrected chi connectivity index (χ3v) is 3.57. The molecular weight excluding hydrogens is 218 g/mol. The van der Waals surface area contributed by atoms with E-state index in [9.17, 15) is 9.59 Å². The molecule has 1 fully saturated rings. The molecule has 1 aliphatic rings. The van der Waals surface area contributed by atoms with E-state index in [4.69, 9.17) is 5.11 Å². The minimum atomic E-state index is -0.821. The Balaban J connectivity index is 2.53. The lowest BCUT2D eigenvalue weighted by Gasteiger charge is -2.24. The fourth-order valence-electron chi connectivity index (χ4n) is 2.40. The number of carboxylic acid groups (broad SMARTS) is 1. The van der Waals surface area contributed by atoms with E-state index in [0.29, 0.717) is 12.3 Å². The molecule has 1 N–H and O–H groups in total. The van der Waals surface area contributed by atoms with Gasteiger partial charge in [-0.1, -0.05) is 20.3 Å². The van der Waals surface area contributed by atoms with Crippen molar-refractivity contribution in [3.8, 4) is 0 Å². The topological polar surface area (TPSA) is 57.6 Å². The normalized spacial score (nSPS) is 24.0. The molecule has 17 heavy (non-hydrogen) atoms. The lowest BCUT2D eigenvalue weighted by atomic mass is 9.94. The lowest BCUT2D eigenvalue weighted by molar-refractivity contribution is -0.148. The van der Waals surface area contributed by atoms with Crippen LogP contribution in [0.2, 0.25) is 0 Å². The van der Waals surface area contributed by atoms with Crippen molar-refractivity contribution in [1.29, 1.82) is 0 Å². The highest BCUT2D eigenvalue weighted by molar-refractivity contribution is 5.85. The van der Waals surface area contributed by atoms with Crippen LogP contribution in [0.25, 0.3) is 0 Å². The molecule has 1 rings (SSSR count). The zero-order valence-corrected chi connectivity index (χ0v) is 11.0. The van der Waals surface area contributed by atoms with E-state index < -0.39 is 11.9 Å². The molecule has 4 nitrogen and oxygen atoms in total. The number of rotatable bonds is 5. The molecule has 2 unspecified atom stereocenters. The highest BCUT2D eigenvalue weighted by Crippen LogP contribution is 2.33. The van der Waals surface area contributed by atoms with Crippen LogP contribution in [0.4, 0.5) is 0 Å². The van der Waals surface area contributed by atoms with Crippen LogP contribution in [-0.2, 0) is 9.59 Å². The van der Waals surface area contributed by atoms with Gasteiger partial charge in [0.05, 0.1) is 11.8 Å². The SMILES string of the molecule is CC(C)CCN(C)C(=O)C1CCCC1C(=O)O. The molecule has 0 spiro atoms. The molecule has 0 aromatic heterocycles. The van der Waals surface area contributed by atoms with Crippen LogP contribution >= 0.6 is 0 Å². The zero-order valence-electron chi connectivity index (χ0n) is 11.0. The standard InChI is InChI=1S/C13H23NO3/c1-9(2)7-8-14(3)12(15)10-5-4-6-11(10)13(16)17/h9-11H,4-8H2,1-3H3,(H,16,17). The van der Waals surface area contributed by atoms with Crippen molar-refractivity contribution in [1.82, 2.24) is 4.90 Å². The Morgan fingerprint density at radius 3 is 2.41 bits per heavy atom. The van der Waals surface area contributed by atoms with E-state index in [1.54, 1.807) is 11.9 Å². The fourth-order valence-corrected chi connectivity index (χ4v) is 2.40. The maximum Gasteiger partial charge on any atom is 0.307 e. The van der Waals surface area contributed by atoms with Crippen LogP contribution in [0.1, 0.15) is 39.5 Å². The smallest absolute Gasteiger partial charge is 0.307 e. The van der Waals surface area contributed by atoms with Crippen molar-refractivity contribution in [3.05, 3.63) is 0 Å². The Morgan fingerprint density at radius 2 is 1.88 bits per heavy atom. The first-order chi connectivity index (χ1) is 7.93. The summed E-state index contributed by atoms with van der Waals surface area (Å²) in [5.41, 5.74) is 0. The zero-order chi connectivity index (χ0) is 13.0. The van der Waals surface area contributed by atoms with E-state index >= 15 is 0 Å². The molecule has 2 atom stereocenters. The Hall–Kier alpha value is -1.06. The third kappa shape index (κ3) is 3.72. The van der Waals surface area contributed by atoms with Gasteiger partial charge in [0.15, 0.2) is 0 Å². The van der Waals surface area contributed by atoms with E-state index in [1.807, 2.05) is 0 Å². The molecule has 0 radical (unpaired) electrons. The van der Waals surface area contributed by atoms with Crippen molar-refractivity contribution in [2.45, 2.75) is 39.5 Å². The van der Waals surface area contributed by atoms with Crippen LogP contribution in [0.5, 0.6) is 0 Å². The molecule has 98 valence electrons. The average molecular weight is 241 g/mol. The molecule has 0 aromatic rings. The van der Waals surface area contributed by atoms with Crippen molar-refractivity contribution in [2.24, 2.45) is 17.8 Å². The summed E-state index contributed by atoms with van der Waals surface area (Å²) >= 11 is 0. The molecule has 4 heteroatoms. The van der Waals surface area contributed by atoms with Crippen LogP contribution in [0.15, 0.2) is 0 Å². The summed E-state index contributed by atoms with van der Waals surface area (Å²) in [5.74, 6) is -1.02. The highest BCUT2D eigenvalue weighted by Gasteiger charge is 2.38. The quantitative estimate of drug-likeness (QED) is 0.800. The molecule has 0 saturated heterocycles. The summed E-state index contributed by atoms with van der Waals surface area (Å²) in [7, 11) is 1.78. The van der Waals surface area contributed by atoms with Gasteiger partial charge in [-0.05, 0) is 25.2 Å². The van der Waals surface area contributed by atoms with Gasteiger partial charge in [-0.15, -0.1) is 0 Å². The van der Waals surface area contributed by atoms with E-state index in [1.165, 1.54) is 0 Å². The number of carboxylic acids is 1. The van der Waals surface area contributed by atoms with Gasteiger partial charge in [-0.2, -0.15) is 0 Å². The Kier molecular flexibility index (Phi) is 4.97. The van der Waals surface area contributed by atoms with Gasteiger partial charge in [-0.3, -0.25) is 9.59 Å². The first kappa shape index (κ1) is 14.0. The van der Waals surface area contributed by atoms with Crippen LogP contribution in [-0.4, -0.2) is 35.5 Å². The molecular formula is C13H23NO3. The molecule has 0 aliphatic heterocycles. The third-order valence-electron chi connectivity index (χ3n) is 3.57. The van der Waals surface area contributed by atoms with Crippen LogP contribution in [0, 0.1) is 17.8 Å². The van der Waals surface area contributed by atoms with Gasteiger partial charge in [0.25, 0.3) is 0 Å². The van der Waals surface area contributed by atoms with Crippen molar-refractivity contribution >= 4 is 11.9 Å². The fraction of sp³-hybridized carbons (Fsp3) is 0.846. The van der Waals surface area contributed by atoms with Gasteiger partial charge in [0, 0.05) is 13.6 Å². The van der Waals surface area contributed by atoms with Crippen molar-refractivity contribution in [2.75, 3.05) is 13.6 Å². The molecule has 1 amide bonds. The summed E-state index contributed by atoms with van der Waals surface area (Å²) in [4.78, 5) is 24.9. The number of nitrogens with zero attached hydrogens (tertiary/aromatic N) is 1.